The van der Waals surface area contributed by atoms with Crippen molar-refractivity contribution >= 4 is 18.0 Å². The molecule has 7 heteroatoms. The zero-order valence-corrected chi connectivity index (χ0v) is 17.4. The van der Waals surface area contributed by atoms with Gasteiger partial charge in [0.2, 0.25) is 0 Å². The summed E-state index contributed by atoms with van der Waals surface area (Å²) in [6.45, 7) is 4.87. The zero-order chi connectivity index (χ0) is 22.0. The molecule has 0 aromatic heterocycles. The average Bonchev–Trinajstić information content (AvgIpc) is 2.71. The summed E-state index contributed by atoms with van der Waals surface area (Å²) in [7, 11) is 0. The molecule has 0 saturated heterocycles. The Bertz CT molecular complexity index is 774. The van der Waals surface area contributed by atoms with E-state index in [2.05, 4.69) is 5.32 Å². The number of benzene rings is 2. The Morgan fingerprint density at radius 3 is 1.63 bits per heavy atom. The van der Waals surface area contributed by atoms with Crippen LogP contribution in [0.25, 0.3) is 0 Å². The molecule has 0 aliphatic heterocycles. The Labute approximate surface area is 176 Å². The fraction of sp³-hybridized carbons (Fsp3) is 0.348. The van der Waals surface area contributed by atoms with Gasteiger partial charge in [0, 0.05) is 6.54 Å². The highest BCUT2D eigenvalue weighted by molar-refractivity contribution is 5.95. The van der Waals surface area contributed by atoms with Crippen LogP contribution >= 0.6 is 0 Å². The lowest BCUT2D eigenvalue weighted by molar-refractivity contribution is -0.163. The molecule has 160 valence electrons. The van der Waals surface area contributed by atoms with E-state index in [1.165, 1.54) is 0 Å². The fourth-order valence-electron chi connectivity index (χ4n) is 2.42. The second-order valence-corrected chi connectivity index (χ2v) is 7.62. The minimum absolute atomic E-state index is 0.00851. The molecular formula is C23H27NO6. The lowest BCUT2D eigenvalue weighted by Crippen LogP contribution is -2.41. The normalized spacial score (nSPS) is 10.9. The quantitative estimate of drug-likeness (QED) is 0.404. The van der Waals surface area contributed by atoms with Crippen LogP contribution in [0.15, 0.2) is 60.7 Å². The van der Waals surface area contributed by atoms with Crippen molar-refractivity contribution in [2.75, 3.05) is 6.54 Å². The number of alkyl carbamates (subject to hydrolysis) is 1. The van der Waals surface area contributed by atoms with Crippen molar-refractivity contribution in [3.63, 3.8) is 0 Å². The Hall–Kier alpha value is -3.35. The molecule has 2 aromatic carbocycles. The number of esters is 2. The molecule has 0 aliphatic carbocycles. The average molecular weight is 413 g/mol. The Kier molecular flexibility index (Phi) is 8.41. The number of hydrogen-bond donors (Lipinski definition) is 1. The summed E-state index contributed by atoms with van der Waals surface area (Å²) in [5, 5.41) is 2.43. The summed E-state index contributed by atoms with van der Waals surface area (Å²) in [6.07, 6.45) is -0.737. The van der Waals surface area contributed by atoms with Crippen LogP contribution in [-0.4, -0.2) is 30.2 Å². The zero-order valence-electron chi connectivity index (χ0n) is 17.4. The Morgan fingerprint density at radius 2 is 1.23 bits per heavy atom. The standard InChI is InChI=1S/C23H27NO6/c1-23(2,3)30-22(27)24-14-19(20(25)28-15-17-10-6-4-7-11-17)21(26)29-16-18-12-8-5-9-13-18/h4-13,19H,14-16H2,1-3H3,(H,24,27). The van der Waals surface area contributed by atoms with Crippen LogP contribution in [0.1, 0.15) is 31.9 Å². The van der Waals surface area contributed by atoms with Crippen molar-refractivity contribution in [3.05, 3.63) is 71.8 Å². The molecule has 30 heavy (non-hydrogen) atoms. The van der Waals surface area contributed by atoms with Gasteiger partial charge < -0.3 is 19.5 Å². The van der Waals surface area contributed by atoms with Gasteiger partial charge in [0.25, 0.3) is 0 Å². The molecule has 0 saturated carbocycles. The molecule has 0 fully saturated rings. The number of rotatable bonds is 8. The van der Waals surface area contributed by atoms with Crippen LogP contribution in [0.3, 0.4) is 0 Å². The topological polar surface area (TPSA) is 90.9 Å². The van der Waals surface area contributed by atoms with E-state index in [0.717, 1.165) is 11.1 Å². The van der Waals surface area contributed by atoms with Crippen molar-refractivity contribution in [2.45, 2.75) is 39.6 Å². The van der Waals surface area contributed by atoms with E-state index in [-0.39, 0.29) is 19.8 Å². The van der Waals surface area contributed by atoms with Crippen LogP contribution in [0.4, 0.5) is 4.79 Å². The molecular weight excluding hydrogens is 386 g/mol. The van der Waals surface area contributed by atoms with Crippen molar-refractivity contribution in [2.24, 2.45) is 5.92 Å². The number of carbonyl (C=O) groups excluding carboxylic acids is 3. The van der Waals surface area contributed by atoms with Gasteiger partial charge in [-0.2, -0.15) is 0 Å². The maximum Gasteiger partial charge on any atom is 0.407 e. The van der Waals surface area contributed by atoms with Crippen molar-refractivity contribution in [1.29, 1.82) is 0 Å². The minimum atomic E-state index is -1.31. The van der Waals surface area contributed by atoms with Crippen molar-refractivity contribution in [3.8, 4) is 0 Å². The monoisotopic (exact) mass is 413 g/mol. The summed E-state index contributed by atoms with van der Waals surface area (Å²) in [6, 6.07) is 18.2. The van der Waals surface area contributed by atoms with Crippen molar-refractivity contribution < 1.29 is 28.6 Å². The minimum Gasteiger partial charge on any atom is -0.460 e. The molecule has 0 atom stereocenters. The Balaban J connectivity index is 1.99. The van der Waals surface area contributed by atoms with Crippen LogP contribution < -0.4 is 5.32 Å². The fourth-order valence-corrected chi connectivity index (χ4v) is 2.42. The van der Waals surface area contributed by atoms with Gasteiger partial charge in [-0.15, -0.1) is 0 Å². The molecule has 1 amide bonds. The van der Waals surface area contributed by atoms with Gasteiger partial charge in [0.05, 0.1) is 0 Å². The van der Waals surface area contributed by atoms with Gasteiger partial charge >= 0.3 is 18.0 Å². The Morgan fingerprint density at radius 1 is 0.800 bits per heavy atom. The summed E-state index contributed by atoms with van der Waals surface area (Å²) in [4.78, 5) is 37.0. The molecule has 0 spiro atoms. The predicted octanol–water partition coefficient (Wildman–Crippen LogP) is 3.61. The van der Waals surface area contributed by atoms with E-state index < -0.39 is 29.6 Å². The lowest BCUT2D eigenvalue weighted by Gasteiger charge is -2.21. The molecule has 0 bridgehead atoms. The lowest BCUT2D eigenvalue weighted by atomic mass is 10.1. The predicted molar refractivity (Wildman–Crippen MR) is 110 cm³/mol. The molecule has 0 heterocycles. The first-order valence-corrected chi connectivity index (χ1v) is 9.62. The van der Waals surface area contributed by atoms with E-state index in [0.29, 0.717) is 0 Å². The van der Waals surface area contributed by atoms with E-state index in [1.807, 2.05) is 36.4 Å². The number of nitrogens with one attached hydrogen (secondary N) is 1. The van der Waals surface area contributed by atoms with Crippen LogP contribution in [0.5, 0.6) is 0 Å². The third kappa shape index (κ3) is 8.34. The highest BCUT2D eigenvalue weighted by atomic mass is 16.6. The maximum atomic E-state index is 12.6. The van der Waals surface area contributed by atoms with Crippen LogP contribution in [-0.2, 0) is 37.0 Å². The highest BCUT2D eigenvalue weighted by Crippen LogP contribution is 2.11. The van der Waals surface area contributed by atoms with Gasteiger partial charge in [0.1, 0.15) is 18.8 Å². The molecule has 7 nitrogen and oxygen atoms in total. The number of ether oxygens (including phenoxy) is 3. The molecule has 0 aliphatic rings. The van der Waals surface area contributed by atoms with E-state index in [4.69, 9.17) is 14.2 Å². The summed E-state index contributed by atoms with van der Waals surface area (Å²) in [5.41, 5.74) is 0.853. The molecule has 1 N–H and O–H groups in total. The molecule has 2 rings (SSSR count). The largest absolute Gasteiger partial charge is 0.460 e. The molecule has 0 radical (unpaired) electrons. The molecule has 2 aromatic rings. The van der Waals surface area contributed by atoms with Crippen molar-refractivity contribution in [1.82, 2.24) is 5.32 Å². The van der Waals surface area contributed by atoms with Gasteiger partial charge in [-0.05, 0) is 31.9 Å². The summed E-state index contributed by atoms with van der Waals surface area (Å²) in [5.74, 6) is -2.88. The SMILES string of the molecule is CC(C)(C)OC(=O)NCC(C(=O)OCc1ccccc1)C(=O)OCc1ccccc1. The maximum absolute atomic E-state index is 12.6. The second kappa shape index (κ2) is 11.0. The summed E-state index contributed by atoms with van der Waals surface area (Å²) < 4.78 is 15.7. The smallest absolute Gasteiger partial charge is 0.407 e. The second-order valence-electron chi connectivity index (χ2n) is 7.62. The third-order valence-electron chi connectivity index (χ3n) is 3.87. The van der Waals surface area contributed by atoms with Gasteiger partial charge in [-0.1, -0.05) is 60.7 Å². The first-order chi connectivity index (χ1) is 14.2. The van der Waals surface area contributed by atoms with Crippen LogP contribution in [0.2, 0.25) is 0 Å². The van der Waals surface area contributed by atoms with E-state index in [9.17, 15) is 14.4 Å². The number of amides is 1. The first kappa shape index (κ1) is 22.9. The van der Waals surface area contributed by atoms with Crippen LogP contribution in [0, 0.1) is 5.92 Å². The van der Waals surface area contributed by atoms with Gasteiger partial charge in [-0.25, -0.2) is 4.79 Å². The van der Waals surface area contributed by atoms with E-state index in [1.54, 1.807) is 45.0 Å². The number of carbonyl (C=O) groups is 3. The first-order valence-electron chi connectivity index (χ1n) is 9.62. The summed E-state index contributed by atoms with van der Waals surface area (Å²) >= 11 is 0. The number of hydrogen-bond acceptors (Lipinski definition) is 6. The molecule has 0 unspecified atom stereocenters. The highest BCUT2D eigenvalue weighted by Gasteiger charge is 2.31. The van der Waals surface area contributed by atoms with Gasteiger partial charge in [0.15, 0.2) is 5.92 Å². The third-order valence-corrected chi connectivity index (χ3v) is 3.87. The van der Waals surface area contributed by atoms with Gasteiger partial charge in [-0.3, -0.25) is 9.59 Å². The van der Waals surface area contributed by atoms with E-state index >= 15 is 0 Å².